The van der Waals surface area contributed by atoms with Crippen LogP contribution in [0.15, 0.2) is 23.2 Å². The molecule has 20 heavy (non-hydrogen) atoms. The number of hydrogen-bond acceptors (Lipinski definition) is 4. The van der Waals surface area contributed by atoms with E-state index in [-0.39, 0.29) is 10.9 Å². The van der Waals surface area contributed by atoms with Crippen molar-refractivity contribution >= 4 is 15.8 Å². The topological polar surface area (TPSA) is 62.3 Å². The molecule has 0 spiro atoms. The molecule has 0 radical (unpaired) electrons. The van der Waals surface area contributed by atoms with Crippen molar-refractivity contribution < 1.29 is 8.42 Å². The quantitative estimate of drug-likeness (QED) is 0.906. The van der Waals surface area contributed by atoms with Crippen LogP contribution in [0.3, 0.4) is 0 Å². The van der Waals surface area contributed by atoms with Gasteiger partial charge in [0.15, 0.2) is 0 Å². The van der Waals surface area contributed by atoms with Gasteiger partial charge in [0.25, 0.3) is 0 Å². The molecule has 0 bridgehead atoms. The van der Waals surface area contributed by atoms with Gasteiger partial charge in [-0.1, -0.05) is 13.8 Å². The summed E-state index contributed by atoms with van der Waals surface area (Å²) < 4.78 is 27.2. The van der Waals surface area contributed by atoms with Crippen molar-refractivity contribution in [3.8, 4) is 0 Å². The second-order valence-electron chi connectivity index (χ2n) is 5.54. The van der Waals surface area contributed by atoms with Gasteiger partial charge in [-0.15, -0.1) is 0 Å². The molecular weight excluding hydrogens is 274 g/mol. The van der Waals surface area contributed by atoms with Crippen molar-refractivity contribution in [3.63, 3.8) is 0 Å². The van der Waals surface area contributed by atoms with Gasteiger partial charge < -0.3 is 5.32 Å². The summed E-state index contributed by atoms with van der Waals surface area (Å²) in [5.74, 6) is 0.865. The molecule has 1 saturated heterocycles. The predicted octanol–water partition coefficient (Wildman–Crippen LogP) is 2.32. The molecule has 0 amide bonds. The second-order valence-corrected chi connectivity index (χ2v) is 7.40. The Morgan fingerprint density at radius 1 is 1.45 bits per heavy atom. The fourth-order valence-corrected chi connectivity index (χ4v) is 4.58. The summed E-state index contributed by atoms with van der Waals surface area (Å²) in [4.78, 5) is 4.47. The Bertz CT molecular complexity index is 559. The van der Waals surface area contributed by atoms with E-state index in [2.05, 4.69) is 17.2 Å². The lowest BCUT2D eigenvalue weighted by molar-refractivity contribution is 0.405. The molecule has 2 unspecified atom stereocenters. The maximum Gasteiger partial charge on any atom is 0.246 e. The molecule has 1 aromatic heterocycles. The second kappa shape index (κ2) is 6.10. The lowest BCUT2D eigenvalue weighted by Gasteiger charge is -2.22. The summed E-state index contributed by atoms with van der Waals surface area (Å²) in [5, 5.41) is 3.10. The zero-order valence-electron chi connectivity index (χ0n) is 12.3. The first-order valence-corrected chi connectivity index (χ1v) is 8.61. The van der Waals surface area contributed by atoms with E-state index in [1.807, 2.05) is 13.8 Å². The van der Waals surface area contributed by atoms with Gasteiger partial charge in [0.1, 0.15) is 10.7 Å². The molecule has 1 aliphatic rings. The van der Waals surface area contributed by atoms with Crippen LogP contribution in [0, 0.1) is 5.92 Å². The maximum atomic E-state index is 12.8. The highest BCUT2D eigenvalue weighted by Crippen LogP contribution is 2.31. The SMILES string of the molecule is CCCNc1ncccc1S(=O)(=O)N1CC(C)CC1C. The van der Waals surface area contributed by atoms with Gasteiger partial charge in [0.2, 0.25) is 10.0 Å². The van der Waals surface area contributed by atoms with Crippen LogP contribution in [0.2, 0.25) is 0 Å². The number of rotatable bonds is 5. The molecule has 0 aromatic carbocycles. The van der Waals surface area contributed by atoms with E-state index < -0.39 is 10.0 Å². The minimum atomic E-state index is -3.47. The zero-order chi connectivity index (χ0) is 14.8. The first kappa shape index (κ1) is 15.3. The lowest BCUT2D eigenvalue weighted by atomic mass is 10.1. The summed E-state index contributed by atoms with van der Waals surface area (Å²) in [7, 11) is -3.47. The number of nitrogens with zero attached hydrogens (tertiary/aromatic N) is 2. The Kier molecular flexibility index (Phi) is 4.65. The number of anilines is 1. The van der Waals surface area contributed by atoms with E-state index in [0.717, 1.165) is 12.8 Å². The zero-order valence-corrected chi connectivity index (χ0v) is 13.2. The van der Waals surface area contributed by atoms with Crippen molar-refractivity contribution in [2.45, 2.75) is 44.6 Å². The van der Waals surface area contributed by atoms with Gasteiger partial charge in [-0.05, 0) is 37.8 Å². The van der Waals surface area contributed by atoms with Crippen molar-refractivity contribution in [2.24, 2.45) is 5.92 Å². The van der Waals surface area contributed by atoms with Crippen LogP contribution in [-0.2, 0) is 10.0 Å². The van der Waals surface area contributed by atoms with Gasteiger partial charge in [-0.25, -0.2) is 13.4 Å². The average Bonchev–Trinajstić information content (AvgIpc) is 2.76. The van der Waals surface area contributed by atoms with Gasteiger partial charge in [-0.3, -0.25) is 0 Å². The Morgan fingerprint density at radius 2 is 2.20 bits per heavy atom. The van der Waals surface area contributed by atoms with Crippen LogP contribution >= 0.6 is 0 Å². The molecule has 1 aromatic rings. The van der Waals surface area contributed by atoms with Crippen molar-refractivity contribution in [1.82, 2.24) is 9.29 Å². The molecule has 112 valence electrons. The summed E-state index contributed by atoms with van der Waals surface area (Å²) in [5.41, 5.74) is 0. The first-order chi connectivity index (χ1) is 9.46. The molecule has 1 N–H and O–H groups in total. The van der Waals surface area contributed by atoms with Crippen LogP contribution in [0.5, 0.6) is 0 Å². The Morgan fingerprint density at radius 3 is 2.80 bits per heavy atom. The molecule has 1 fully saturated rings. The van der Waals surface area contributed by atoms with Crippen LogP contribution in [-0.4, -0.2) is 36.8 Å². The van der Waals surface area contributed by atoms with E-state index in [0.29, 0.717) is 24.8 Å². The molecule has 1 aliphatic heterocycles. The number of aromatic nitrogens is 1. The Balaban J connectivity index is 2.34. The standard InChI is InChI=1S/C14H23N3O2S/c1-4-7-15-14-13(6-5-8-16-14)20(18,19)17-10-11(2)9-12(17)3/h5-6,8,11-12H,4,7,9-10H2,1-3H3,(H,15,16). The minimum Gasteiger partial charge on any atom is -0.369 e. The van der Waals surface area contributed by atoms with E-state index in [1.165, 1.54) is 0 Å². The summed E-state index contributed by atoms with van der Waals surface area (Å²) in [6.45, 7) is 7.40. The number of sulfonamides is 1. The normalized spacial score (nSPS) is 23.9. The van der Waals surface area contributed by atoms with E-state index in [4.69, 9.17) is 0 Å². The fourth-order valence-electron chi connectivity index (χ4n) is 2.70. The van der Waals surface area contributed by atoms with Crippen molar-refractivity contribution in [3.05, 3.63) is 18.3 Å². The smallest absolute Gasteiger partial charge is 0.246 e. The largest absolute Gasteiger partial charge is 0.369 e. The van der Waals surface area contributed by atoms with E-state index in [1.54, 1.807) is 22.6 Å². The fraction of sp³-hybridized carbons (Fsp3) is 0.643. The van der Waals surface area contributed by atoms with Crippen LogP contribution in [0.4, 0.5) is 5.82 Å². The van der Waals surface area contributed by atoms with Crippen molar-refractivity contribution in [1.29, 1.82) is 0 Å². The highest BCUT2D eigenvalue weighted by Gasteiger charge is 2.37. The lowest BCUT2D eigenvalue weighted by Crippen LogP contribution is -2.34. The highest BCUT2D eigenvalue weighted by atomic mass is 32.2. The first-order valence-electron chi connectivity index (χ1n) is 7.17. The van der Waals surface area contributed by atoms with Crippen molar-refractivity contribution in [2.75, 3.05) is 18.4 Å². The number of nitrogens with one attached hydrogen (secondary N) is 1. The maximum absolute atomic E-state index is 12.8. The molecule has 2 atom stereocenters. The average molecular weight is 297 g/mol. The Labute approximate surface area is 121 Å². The number of hydrogen-bond donors (Lipinski definition) is 1. The van der Waals surface area contributed by atoms with Crippen LogP contribution in [0.25, 0.3) is 0 Å². The minimum absolute atomic E-state index is 0.0502. The van der Waals surface area contributed by atoms with E-state index in [9.17, 15) is 8.42 Å². The van der Waals surface area contributed by atoms with Gasteiger partial charge >= 0.3 is 0 Å². The van der Waals surface area contributed by atoms with Gasteiger partial charge in [0.05, 0.1) is 0 Å². The third kappa shape index (κ3) is 2.96. The van der Waals surface area contributed by atoms with Crippen LogP contribution < -0.4 is 5.32 Å². The molecule has 2 rings (SSSR count). The summed E-state index contributed by atoms with van der Waals surface area (Å²) >= 11 is 0. The molecule has 0 saturated carbocycles. The van der Waals surface area contributed by atoms with Gasteiger partial charge in [0, 0.05) is 25.3 Å². The third-order valence-electron chi connectivity index (χ3n) is 3.63. The molecule has 5 nitrogen and oxygen atoms in total. The highest BCUT2D eigenvalue weighted by molar-refractivity contribution is 7.89. The predicted molar refractivity (Wildman–Crippen MR) is 80.2 cm³/mol. The van der Waals surface area contributed by atoms with Gasteiger partial charge in [-0.2, -0.15) is 4.31 Å². The third-order valence-corrected chi connectivity index (χ3v) is 5.64. The van der Waals surface area contributed by atoms with Crippen LogP contribution in [0.1, 0.15) is 33.6 Å². The molecule has 0 aliphatic carbocycles. The molecule has 6 heteroatoms. The summed E-state index contributed by atoms with van der Waals surface area (Å²) in [6, 6.07) is 3.36. The summed E-state index contributed by atoms with van der Waals surface area (Å²) in [6.07, 6.45) is 3.46. The number of pyridine rings is 1. The molecular formula is C14H23N3O2S. The molecule has 2 heterocycles. The Hall–Kier alpha value is -1.14. The van der Waals surface area contributed by atoms with E-state index >= 15 is 0 Å². The monoisotopic (exact) mass is 297 g/mol.